The molecule has 1 aromatic carbocycles. The van der Waals surface area contributed by atoms with Gasteiger partial charge in [0.25, 0.3) is 5.91 Å². The van der Waals surface area contributed by atoms with Gasteiger partial charge in [-0.15, -0.1) is 0 Å². The molecule has 8 nitrogen and oxygen atoms in total. The van der Waals surface area contributed by atoms with E-state index in [0.717, 1.165) is 5.69 Å². The summed E-state index contributed by atoms with van der Waals surface area (Å²) < 4.78 is 12.4. The van der Waals surface area contributed by atoms with Gasteiger partial charge in [0, 0.05) is 26.2 Å². The molecule has 0 N–H and O–H groups in total. The smallest absolute Gasteiger partial charge is 0.410 e. The number of ether oxygens (including phenoxy) is 2. The van der Waals surface area contributed by atoms with E-state index < -0.39 is 5.60 Å². The third kappa shape index (κ3) is 4.44. The highest BCUT2D eigenvalue weighted by Gasteiger charge is 2.30. The molecule has 28 heavy (non-hydrogen) atoms. The Kier molecular flexibility index (Phi) is 5.58. The SMILES string of the molecule is COc1cn(-c2ccccc2)nc1C(=O)N1CCN(C(=O)OC(C)(C)C)CC1. The molecule has 0 aliphatic carbocycles. The van der Waals surface area contributed by atoms with E-state index in [4.69, 9.17) is 9.47 Å². The van der Waals surface area contributed by atoms with Gasteiger partial charge in [0.1, 0.15) is 5.60 Å². The maximum atomic E-state index is 13.0. The molecular formula is C20H26N4O4. The van der Waals surface area contributed by atoms with Crippen LogP contribution in [0.3, 0.4) is 0 Å². The number of amides is 2. The highest BCUT2D eigenvalue weighted by molar-refractivity contribution is 5.95. The molecular weight excluding hydrogens is 360 g/mol. The second-order valence-corrected chi connectivity index (χ2v) is 7.59. The molecule has 150 valence electrons. The number of carbonyl (C=O) groups excluding carboxylic acids is 2. The maximum absolute atomic E-state index is 13.0. The van der Waals surface area contributed by atoms with Crippen LogP contribution in [-0.4, -0.2) is 70.5 Å². The molecule has 8 heteroatoms. The van der Waals surface area contributed by atoms with Gasteiger partial charge in [-0.25, -0.2) is 9.48 Å². The van der Waals surface area contributed by atoms with Crippen molar-refractivity contribution in [2.75, 3.05) is 33.3 Å². The van der Waals surface area contributed by atoms with Gasteiger partial charge in [-0.05, 0) is 32.9 Å². The van der Waals surface area contributed by atoms with Crippen LogP contribution < -0.4 is 4.74 Å². The summed E-state index contributed by atoms with van der Waals surface area (Å²) in [4.78, 5) is 28.5. The Bertz CT molecular complexity index is 834. The summed E-state index contributed by atoms with van der Waals surface area (Å²) in [7, 11) is 1.52. The molecule has 2 aromatic rings. The van der Waals surface area contributed by atoms with Gasteiger partial charge in [0.15, 0.2) is 11.4 Å². The van der Waals surface area contributed by atoms with Crippen LogP contribution >= 0.6 is 0 Å². The minimum absolute atomic E-state index is 0.213. The molecule has 1 aromatic heterocycles. The summed E-state index contributed by atoms with van der Waals surface area (Å²) in [5.74, 6) is 0.207. The Labute approximate surface area is 164 Å². The van der Waals surface area contributed by atoms with E-state index in [1.54, 1.807) is 20.7 Å². The van der Waals surface area contributed by atoms with Crippen LogP contribution in [0.1, 0.15) is 31.3 Å². The highest BCUT2D eigenvalue weighted by Crippen LogP contribution is 2.22. The van der Waals surface area contributed by atoms with Crippen LogP contribution in [-0.2, 0) is 4.74 Å². The molecule has 1 aliphatic rings. The number of carbonyl (C=O) groups is 2. The predicted octanol–water partition coefficient (Wildman–Crippen LogP) is 2.57. The summed E-state index contributed by atoms with van der Waals surface area (Å²) in [5.41, 5.74) is 0.563. The molecule has 0 radical (unpaired) electrons. The lowest BCUT2D eigenvalue weighted by Gasteiger charge is -2.35. The van der Waals surface area contributed by atoms with Gasteiger partial charge >= 0.3 is 6.09 Å². The van der Waals surface area contributed by atoms with Gasteiger partial charge in [-0.1, -0.05) is 18.2 Å². The molecule has 0 unspecified atom stereocenters. The minimum Gasteiger partial charge on any atom is -0.493 e. The molecule has 2 amide bonds. The number of hydrogen-bond acceptors (Lipinski definition) is 5. The Balaban J connectivity index is 1.69. The van der Waals surface area contributed by atoms with Crippen molar-refractivity contribution in [3.63, 3.8) is 0 Å². The monoisotopic (exact) mass is 386 g/mol. The van der Waals surface area contributed by atoms with E-state index in [9.17, 15) is 9.59 Å². The summed E-state index contributed by atoms with van der Waals surface area (Å²) in [5, 5.41) is 4.42. The van der Waals surface area contributed by atoms with Gasteiger partial charge in [0.05, 0.1) is 19.0 Å². The van der Waals surface area contributed by atoms with Crippen LogP contribution in [0.15, 0.2) is 36.5 Å². The van der Waals surface area contributed by atoms with Gasteiger partial charge in [-0.3, -0.25) is 4.79 Å². The van der Waals surface area contributed by atoms with Crippen LogP contribution in [0.5, 0.6) is 5.75 Å². The number of para-hydroxylation sites is 1. The molecule has 1 saturated heterocycles. The zero-order valence-electron chi connectivity index (χ0n) is 16.7. The van der Waals surface area contributed by atoms with Crippen LogP contribution in [0, 0.1) is 0 Å². The molecule has 1 fully saturated rings. The lowest BCUT2D eigenvalue weighted by Crippen LogP contribution is -2.51. The highest BCUT2D eigenvalue weighted by atomic mass is 16.6. The normalized spacial score (nSPS) is 14.7. The number of benzene rings is 1. The first kappa shape index (κ1) is 19.7. The van der Waals surface area contributed by atoms with Crippen molar-refractivity contribution in [2.24, 2.45) is 0 Å². The summed E-state index contributed by atoms with van der Waals surface area (Å²) in [6, 6.07) is 9.53. The largest absolute Gasteiger partial charge is 0.493 e. The van der Waals surface area contributed by atoms with Gasteiger partial charge in [-0.2, -0.15) is 5.10 Å². The number of piperazine rings is 1. The Morgan fingerprint density at radius 3 is 2.18 bits per heavy atom. The first-order chi connectivity index (χ1) is 13.3. The topological polar surface area (TPSA) is 76.9 Å². The molecule has 2 heterocycles. The van der Waals surface area contributed by atoms with E-state index in [1.165, 1.54) is 7.11 Å². The fourth-order valence-electron chi connectivity index (χ4n) is 2.94. The van der Waals surface area contributed by atoms with Crippen LogP contribution in [0.2, 0.25) is 0 Å². The molecule has 0 bridgehead atoms. The van der Waals surface area contributed by atoms with Crippen molar-refractivity contribution in [1.82, 2.24) is 19.6 Å². The van der Waals surface area contributed by atoms with Crippen molar-refractivity contribution in [2.45, 2.75) is 26.4 Å². The van der Waals surface area contributed by atoms with Crippen molar-refractivity contribution < 1.29 is 19.1 Å². The quantitative estimate of drug-likeness (QED) is 0.810. The number of hydrogen-bond donors (Lipinski definition) is 0. The second kappa shape index (κ2) is 7.92. The Hall–Kier alpha value is -3.03. The molecule has 0 saturated carbocycles. The van der Waals surface area contributed by atoms with Gasteiger partial charge < -0.3 is 19.3 Å². The first-order valence-corrected chi connectivity index (χ1v) is 9.25. The van der Waals surface area contributed by atoms with Crippen molar-refractivity contribution in [3.05, 3.63) is 42.2 Å². The van der Waals surface area contributed by atoms with E-state index in [-0.39, 0.29) is 17.7 Å². The van der Waals surface area contributed by atoms with E-state index in [1.807, 2.05) is 51.1 Å². The van der Waals surface area contributed by atoms with Crippen LogP contribution in [0.25, 0.3) is 5.69 Å². The Morgan fingerprint density at radius 2 is 1.61 bits per heavy atom. The predicted molar refractivity (Wildman–Crippen MR) is 104 cm³/mol. The van der Waals surface area contributed by atoms with E-state index in [2.05, 4.69) is 5.10 Å². The van der Waals surface area contributed by atoms with Crippen molar-refractivity contribution >= 4 is 12.0 Å². The van der Waals surface area contributed by atoms with Crippen molar-refractivity contribution in [3.8, 4) is 11.4 Å². The number of aromatic nitrogens is 2. The minimum atomic E-state index is -0.540. The first-order valence-electron chi connectivity index (χ1n) is 9.25. The zero-order chi connectivity index (χ0) is 20.3. The molecule has 0 spiro atoms. The zero-order valence-corrected chi connectivity index (χ0v) is 16.7. The second-order valence-electron chi connectivity index (χ2n) is 7.59. The van der Waals surface area contributed by atoms with Crippen molar-refractivity contribution in [1.29, 1.82) is 0 Å². The molecule has 0 atom stereocenters. The van der Waals surface area contributed by atoms with Gasteiger partial charge in [0.2, 0.25) is 0 Å². The number of nitrogens with zero attached hydrogens (tertiary/aromatic N) is 4. The fraction of sp³-hybridized carbons (Fsp3) is 0.450. The molecule has 3 rings (SSSR count). The third-order valence-corrected chi connectivity index (χ3v) is 4.34. The standard InChI is InChI=1S/C20H26N4O4/c1-20(2,3)28-19(26)23-12-10-22(11-13-23)18(25)17-16(27-4)14-24(21-17)15-8-6-5-7-9-15/h5-9,14H,10-13H2,1-4H3. The lowest BCUT2D eigenvalue weighted by molar-refractivity contribution is 0.0139. The average molecular weight is 386 g/mol. The van der Waals surface area contributed by atoms with Crippen LogP contribution in [0.4, 0.5) is 4.79 Å². The maximum Gasteiger partial charge on any atom is 0.410 e. The lowest BCUT2D eigenvalue weighted by atomic mass is 10.2. The van der Waals surface area contributed by atoms with E-state index >= 15 is 0 Å². The Morgan fingerprint density at radius 1 is 1.00 bits per heavy atom. The number of rotatable bonds is 3. The molecule has 1 aliphatic heterocycles. The summed E-state index contributed by atoms with van der Waals surface area (Å²) in [6.07, 6.45) is 1.34. The summed E-state index contributed by atoms with van der Waals surface area (Å²) >= 11 is 0. The third-order valence-electron chi connectivity index (χ3n) is 4.34. The fourth-order valence-corrected chi connectivity index (χ4v) is 2.94. The average Bonchev–Trinajstić information content (AvgIpc) is 3.11. The summed E-state index contributed by atoms with van der Waals surface area (Å²) in [6.45, 7) is 7.17. The van der Waals surface area contributed by atoms with E-state index in [0.29, 0.717) is 31.9 Å². The number of methoxy groups -OCH3 is 1.